The first-order valence-electron chi connectivity index (χ1n) is 6.07. The van der Waals surface area contributed by atoms with E-state index in [4.69, 9.17) is 0 Å². The van der Waals surface area contributed by atoms with Gasteiger partial charge in [0.1, 0.15) is 11.4 Å². The van der Waals surface area contributed by atoms with Crippen LogP contribution in [-0.4, -0.2) is 27.4 Å². The number of carbonyl (C=O) groups is 1. The smallest absolute Gasteiger partial charge is 0.278 e. The maximum Gasteiger partial charge on any atom is 0.278 e. The van der Waals surface area contributed by atoms with Gasteiger partial charge in [-0.25, -0.2) is 4.98 Å². The molecule has 3 rings (SSSR count). The van der Waals surface area contributed by atoms with Gasteiger partial charge in [-0.1, -0.05) is 0 Å². The molecule has 2 aromatic heterocycles. The Morgan fingerprint density at radius 2 is 2.00 bits per heavy atom. The summed E-state index contributed by atoms with van der Waals surface area (Å²) in [4.78, 5) is 20.2. The number of hydrogen-bond donors (Lipinski definition) is 1. The number of rotatable bonds is 2. The number of anilines is 1. The van der Waals surface area contributed by atoms with Crippen molar-refractivity contribution in [1.29, 1.82) is 0 Å². The number of nitrogens with zero attached hydrogens (tertiary/aromatic N) is 3. The number of phenolic OH excluding ortho intramolecular Hbond substituents is 1. The molecule has 0 bridgehead atoms. The SMILES string of the molecule is Cc1cn2cc(C(=O)N(C)c3ccc(O)cc3)nc2s1. The Morgan fingerprint density at radius 1 is 1.30 bits per heavy atom. The molecule has 6 heteroatoms. The highest BCUT2D eigenvalue weighted by Crippen LogP contribution is 2.21. The minimum absolute atomic E-state index is 0.174. The molecule has 0 unspecified atom stereocenters. The summed E-state index contributed by atoms with van der Waals surface area (Å²) in [5.41, 5.74) is 1.12. The summed E-state index contributed by atoms with van der Waals surface area (Å²) >= 11 is 1.55. The van der Waals surface area contributed by atoms with Gasteiger partial charge < -0.3 is 10.0 Å². The molecule has 0 spiro atoms. The van der Waals surface area contributed by atoms with Crippen molar-refractivity contribution in [2.75, 3.05) is 11.9 Å². The van der Waals surface area contributed by atoms with Gasteiger partial charge in [-0.2, -0.15) is 0 Å². The van der Waals surface area contributed by atoms with E-state index in [9.17, 15) is 9.90 Å². The zero-order valence-electron chi connectivity index (χ0n) is 11.1. The number of fused-ring (bicyclic) bond motifs is 1. The van der Waals surface area contributed by atoms with Crippen molar-refractivity contribution in [3.63, 3.8) is 0 Å². The minimum atomic E-state index is -0.177. The molecule has 0 aliphatic rings. The highest BCUT2D eigenvalue weighted by molar-refractivity contribution is 7.17. The maximum absolute atomic E-state index is 12.4. The molecule has 2 heterocycles. The Balaban J connectivity index is 1.90. The van der Waals surface area contributed by atoms with Gasteiger partial charge in [-0.3, -0.25) is 9.20 Å². The highest BCUT2D eigenvalue weighted by atomic mass is 32.1. The molecule has 1 amide bonds. The van der Waals surface area contributed by atoms with Crippen molar-refractivity contribution < 1.29 is 9.90 Å². The fourth-order valence-corrected chi connectivity index (χ4v) is 2.79. The highest BCUT2D eigenvalue weighted by Gasteiger charge is 2.17. The van der Waals surface area contributed by atoms with E-state index in [1.165, 1.54) is 4.90 Å². The van der Waals surface area contributed by atoms with Crippen molar-refractivity contribution in [1.82, 2.24) is 9.38 Å². The average molecular weight is 287 g/mol. The third-order valence-corrected chi connectivity index (χ3v) is 3.94. The van der Waals surface area contributed by atoms with E-state index in [0.29, 0.717) is 11.4 Å². The molecule has 0 fully saturated rings. The first-order chi connectivity index (χ1) is 9.54. The van der Waals surface area contributed by atoms with Crippen LogP contribution in [0.2, 0.25) is 0 Å². The lowest BCUT2D eigenvalue weighted by atomic mass is 10.2. The first-order valence-corrected chi connectivity index (χ1v) is 6.88. The lowest BCUT2D eigenvalue weighted by Crippen LogP contribution is -2.26. The van der Waals surface area contributed by atoms with Crippen LogP contribution in [0.1, 0.15) is 15.4 Å². The summed E-state index contributed by atoms with van der Waals surface area (Å²) in [5.74, 6) is -0.00294. The molecule has 102 valence electrons. The summed E-state index contributed by atoms with van der Waals surface area (Å²) in [5, 5.41) is 9.27. The van der Waals surface area contributed by atoms with E-state index in [1.54, 1.807) is 48.8 Å². The topological polar surface area (TPSA) is 57.8 Å². The number of carbonyl (C=O) groups excluding carboxylic acids is 1. The van der Waals surface area contributed by atoms with Crippen molar-refractivity contribution in [3.05, 3.63) is 47.2 Å². The van der Waals surface area contributed by atoms with E-state index < -0.39 is 0 Å². The molecule has 0 saturated carbocycles. The second kappa shape index (κ2) is 4.64. The molecule has 5 nitrogen and oxygen atoms in total. The van der Waals surface area contributed by atoms with Crippen molar-refractivity contribution in [2.45, 2.75) is 6.92 Å². The maximum atomic E-state index is 12.4. The van der Waals surface area contributed by atoms with Gasteiger partial charge in [0.25, 0.3) is 5.91 Å². The summed E-state index contributed by atoms with van der Waals surface area (Å²) in [7, 11) is 1.69. The van der Waals surface area contributed by atoms with Gasteiger partial charge in [0.2, 0.25) is 0 Å². The fraction of sp³-hybridized carbons (Fsp3) is 0.143. The predicted octanol–water partition coefficient (Wildman–Crippen LogP) is 2.69. The van der Waals surface area contributed by atoms with Gasteiger partial charge in [0.05, 0.1) is 0 Å². The fourth-order valence-electron chi connectivity index (χ4n) is 1.98. The zero-order valence-corrected chi connectivity index (χ0v) is 11.9. The number of hydrogen-bond acceptors (Lipinski definition) is 4. The largest absolute Gasteiger partial charge is 0.508 e. The lowest BCUT2D eigenvalue weighted by Gasteiger charge is -2.15. The normalized spacial score (nSPS) is 10.9. The Kier molecular flexibility index (Phi) is 2.94. The van der Waals surface area contributed by atoms with Crippen LogP contribution in [0, 0.1) is 6.92 Å². The number of phenols is 1. The quantitative estimate of drug-likeness (QED) is 0.788. The number of imidazole rings is 1. The molecule has 0 aliphatic heterocycles. The summed E-state index contributed by atoms with van der Waals surface area (Å²) in [6, 6.07) is 6.48. The van der Waals surface area contributed by atoms with Gasteiger partial charge in [0.15, 0.2) is 4.96 Å². The standard InChI is InChI=1S/C14H13N3O2S/c1-9-7-17-8-12(15-14(17)20-9)13(19)16(2)10-3-5-11(18)6-4-10/h3-8,18H,1-2H3. The second-order valence-electron chi connectivity index (χ2n) is 4.54. The first kappa shape index (κ1) is 12.7. The molecular weight excluding hydrogens is 274 g/mol. The summed E-state index contributed by atoms with van der Waals surface area (Å²) < 4.78 is 1.86. The van der Waals surface area contributed by atoms with Crippen LogP contribution in [-0.2, 0) is 0 Å². The van der Waals surface area contributed by atoms with Crippen LogP contribution in [0.5, 0.6) is 5.75 Å². The van der Waals surface area contributed by atoms with E-state index in [-0.39, 0.29) is 11.7 Å². The molecule has 1 N–H and O–H groups in total. The van der Waals surface area contributed by atoms with Crippen LogP contribution in [0.4, 0.5) is 5.69 Å². The number of thiazole rings is 1. The summed E-state index contributed by atoms with van der Waals surface area (Å²) in [6.07, 6.45) is 3.68. The Bertz CT molecular complexity index is 742. The van der Waals surface area contributed by atoms with E-state index >= 15 is 0 Å². The van der Waals surface area contributed by atoms with Gasteiger partial charge in [-0.05, 0) is 31.2 Å². The number of amides is 1. The second-order valence-corrected chi connectivity index (χ2v) is 5.75. The molecule has 20 heavy (non-hydrogen) atoms. The predicted molar refractivity (Wildman–Crippen MR) is 78.6 cm³/mol. The van der Waals surface area contributed by atoms with Crippen molar-refractivity contribution in [2.24, 2.45) is 0 Å². The lowest BCUT2D eigenvalue weighted by molar-refractivity contribution is 0.0989. The van der Waals surface area contributed by atoms with E-state index in [2.05, 4.69) is 4.98 Å². The average Bonchev–Trinajstić information content (AvgIpc) is 2.95. The van der Waals surface area contributed by atoms with Crippen LogP contribution in [0.3, 0.4) is 0 Å². The third kappa shape index (κ3) is 2.14. The van der Waals surface area contributed by atoms with E-state index in [1.807, 2.05) is 17.5 Å². The number of aromatic nitrogens is 2. The Labute approximate surface area is 119 Å². The van der Waals surface area contributed by atoms with Crippen LogP contribution >= 0.6 is 11.3 Å². The number of aryl methyl sites for hydroxylation is 1. The van der Waals surface area contributed by atoms with E-state index in [0.717, 1.165) is 9.84 Å². The minimum Gasteiger partial charge on any atom is -0.508 e. The Morgan fingerprint density at radius 3 is 2.65 bits per heavy atom. The molecule has 0 saturated heterocycles. The zero-order chi connectivity index (χ0) is 14.3. The van der Waals surface area contributed by atoms with Gasteiger partial charge in [0, 0.05) is 30.0 Å². The number of aromatic hydroxyl groups is 1. The van der Waals surface area contributed by atoms with Crippen LogP contribution in [0.25, 0.3) is 4.96 Å². The van der Waals surface area contributed by atoms with Crippen molar-refractivity contribution >= 4 is 27.9 Å². The molecule has 0 aliphatic carbocycles. The van der Waals surface area contributed by atoms with Crippen molar-refractivity contribution in [3.8, 4) is 5.75 Å². The Hall–Kier alpha value is -2.34. The van der Waals surface area contributed by atoms with Crippen LogP contribution < -0.4 is 4.90 Å². The molecular formula is C14H13N3O2S. The molecule has 0 atom stereocenters. The number of benzene rings is 1. The molecule has 3 aromatic rings. The molecule has 1 aromatic carbocycles. The van der Waals surface area contributed by atoms with Gasteiger partial charge in [-0.15, -0.1) is 11.3 Å². The monoisotopic (exact) mass is 287 g/mol. The summed E-state index contributed by atoms with van der Waals surface area (Å²) in [6.45, 7) is 2.00. The van der Waals surface area contributed by atoms with Gasteiger partial charge >= 0.3 is 0 Å². The van der Waals surface area contributed by atoms with Crippen LogP contribution in [0.15, 0.2) is 36.7 Å². The molecule has 0 radical (unpaired) electrons. The third-order valence-electron chi connectivity index (χ3n) is 3.03.